The lowest BCUT2D eigenvalue weighted by Gasteiger charge is -2.64. The second-order valence-electron chi connectivity index (χ2n) is 12.0. The molecule has 4 saturated carbocycles. The lowest BCUT2D eigenvalue weighted by Crippen LogP contribution is -2.70. The molecular weight excluding hydrogens is 416 g/mol. The first-order valence-corrected chi connectivity index (χ1v) is 13.0. The molecule has 33 heavy (non-hydrogen) atoms. The Kier molecular flexibility index (Phi) is 4.02. The number of aliphatic hydroxyl groups is 1. The average Bonchev–Trinajstić information content (AvgIpc) is 3.71. The van der Waals surface area contributed by atoms with Crippen LogP contribution in [0.1, 0.15) is 75.3 Å². The molecule has 1 heterocycles. The van der Waals surface area contributed by atoms with Crippen LogP contribution in [0.15, 0.2) is 18.2 Å². The van der Waals surface area contributed by atoms with Gasteiger partial charge < -0.3 is 15.1 Å². The molecule has 5 aliphatic carbocycles. The van der Waals surface area contributed by atoms with Crippen LogP contribution in [0.5, 0.6) is 5.75 Å². The number of urea groups is 1. The molecule has 2 N–H and O–H groups in total. The number of benzene rings is 1. The SMILES string of the molecule is O=C1N(CC2CC2)C(=O)C2(CCC3(O)C4CCCC3(C2)c2cc(O)ccc2C4)N1CC1CC1. The van der Waals surface area contributed by atoms with Crippen LogP contribution < -0.4 is 0 Å². The molecule has 1 aliphatic heterocycles. The van der Waals surface area contributed by atoms with Crippen molar-refractivity contribution in [2.24, 2.45) is 17.8 Å². The molecule has 1 saturated heterocycles. The second kappa shape index (κ2) is 6.53. The Morgan fingerprint density at radius 1 is 0.970 bits per heavy atom. The molecule has 1 aromatic rings. The predicted molar refractivity (Wildman–Crippen MR) is 122 cm³/mol. The molecule has 4 atom stereocenters. The number of imide groups is 1. The number of phenols is 1. The Morgan fingerprint density at radius 3 is 2.48 bits per heavy atom. The van der Waals surface area contributed by atoms with E-state index in [1.807, 2.05) is 17.0 Å². The van der Waals surface area contributed by atoms with Crippen molar-refractivity contribution in [3.05, 3.63) is 29.3 Å². The third-order valence-electron chi connectivity index (χ3n) is 10.1. The number of amides is 3. The molecule has 176 valence electrons. The summed E-state index contributed by atoms with van der Waals surface area (Å²) in [6.45, 7) is 1.22. The zero-order chi connectivity index (χ0) is 22.6. The van der Waals surface area contributed by atoms with Crippen molar-refractivity contribution in [2.45, 2.75) is 87.2 Å². The summed E-state index contributed by atoms with van der Waals surface area (Å²) < 4.78 is 0. The molecule has 5 fully saturated rings. The summed E-state index contributed by atoms with van der Waals surface area (Å²) in [7, 11) is 0. The lowest BCUT2D eigenvalue weighted by atomic mass is 9.43. The van der Waals surface area contributed by atoms with Crippen molar-refractivity contribution < 1.29 is 19.8 Å². The van der Waals surface area contributed by atoms with Gasteiger partial charge in [-0.1, -0.05) is 12.5 Å². The number of fused-ring (bicyclic) bond motifs is 1. The van der Waals surface area contributed by atoms with E-state index in [0.29, 0.717) is 44.2 Å². The fourth-order valence-electron chi connectivity index (χ4n) is 8.08. The summed E-state index contributed by atoms with van der Waals surface area (Å²) in [5.41, 5.74) is -0.112. The minimum absolute atomic E-state index is 0.0223. The Balaban J connectivity index is 1.36. The number of rotatable bonds is 4. The monoisotopic (exact) mass is 450 g/mol. The van der Waals surface area contributed by atoms with E-state index >= 15 is 0 Å². The van der Waals surface area contributed by atoms with Gasteiger partial charge in [-0.2, -0.15) is 0 Å². The molecule has 3 amide bonds. The first kappa shape index (κ1) is 20.3. The third-order valence-corrected chi connectivity index (χ3v) is 10.1. The highest BCUT2D eigenvalue weighted by atomic mass is 16.3. The van der Waals surface area contributed by atoms with Gasteiger partial charge in [0.1, 0.15) is 11.3 Å². The highest BCUT2D eigenvalue weighted by Gasteiger charge is 2.71. The van der Waals surface area contributed by atoms with Crippen LogP contribution in [0, 0.1) is 17.8 Å². The van der Waals surface area contributed by atoms with E-state index in [1.165, 1.54) is 5.56 Å². The van der Waals surface area contributed by atoms with E-state index in [-0.39, 0.29) is 23.6 Å². The second-order valence-corrected chi connectivity index (χ2v) is 12.0. The fraction of sp³-hybridized carbons (Fsp3) is 0.704. The summed E-state index contributed by atoms with van der Waals surface area (Å²) in [5, 5.41) is 22.7. The number of phenolic OH excluding ortho intramolecular Hbond substituents is 1. The van der Waals surface area contributed by atoms with Gasteiger partial charge in [0, 0.05) is 18.5 Å². The summed E-state index contributed by atoms with van der Waals surface area (Å²) in [6.07, 6.45) is 9.69. The van der Waals surface area contributed by atoms with Gasteiger partial charge in [0.25, 0.3) is 5.91 Å². The molecular formula is C27H34N2O4. The van der Waals surface area contributed by atoms with Crippen LogP contribution >= 0.6 is 0 Å². The fourth-order valence-corrected chi connectivity index (χ4v) is 8.08. The van der Waals surface area contributed by atoms with Gasteiger partial charge in [0.05, 0.1) is 5.60 Å². The maximum atomic E-state index is 14.1. The first-order chi connectivity index (χ1) is 15.9. The average molecular weight is 451 g/mol. The topological polar surface area (TPSA) is 81.1 Å². The van der Waals surface area contributed by atoms with E-state index in [0.717, 1.165) is 56.9 Å². The standard InChI is InChI=1S/C27H34N2O4/c30-21-8-7-19-12-20-2-1-9-25(22(19)13-21)16-26(10-11-27(20,25)33)23(31)28(14-17-3-4-17)24(32)29(26)15-18-5-6-18/h7-8,13,17-18,20,30,33H,1-6,9-12,14-16H2. The Morgan fingerprint density at radius 2 is 1.73 bits per heavy atom. The quantitative estimate of drug-likeness (QED) is 0.685. The summed E-state index contributed by atoms with van der Waals surface area (Å²) in [4.78, 5) is 31.3. The van der Waals surface area contributed by atoms with Crippen LogP contribution in [0.3, 0.4) is 0 Å². The zero-order valence-electron chi connectivity index (χ0n) is 19.3. The molecule has 7 rings (SSSR count). The van der Waals surface area contributed by atoms with Crippen LogP contribution in [0.25, 0.3) is 0 Å². The maximum absolute atomic E-state index is 14.1. The maximum Gasteiger partial charge on any atom is 0.327 e. The van der Waals surface area contributed by atoms with Crippen LogP contribution in [-0.2, 0) is 16.6 Å². The summed E-state index contributed by atoms with van der Waals surface area (Å²) >= 11 is 0. The number of carbonyl (C=O) groups is 2. The van der Waals surface area contributed by atoms with Gasteiger partial charge in [-0.15, -0.1) is 0 Å². The zero-order valence-corrected chi connectivity index (χ0v) is 19.3. The lowest BCUT2D eigenvalue weighted by molar-refractivity contribution is -0.175. The summed E-state index contributed by atoms with van der Waals surface area (Å²) in [6, 6.07) is 5.50. The molecule has 0 aromatic heterocycles. The van der Waals surface area contributed by atoms with Gasteiger partial charge in [-0.25, -0.2) is 4.79 Å². The highest BCUT2D eigenvalue weighted by Crippen LogP contribution is 2.64. The van der Waals surface area contributed by atoms with Crippen molar-refractivity contribution in [3.63, 3.8) is 0 Å². The van der Waals surface area contributed by atoms with Crippen LogP contribution in [-0.4, -0.2) is 56.2 Å². The molecule has 4 unspecified atom stereocenters. The van der Waals surface area contributed by atoms with Crippen molar-refractivity contribution in [1.29, 1.82) is 0 Å². The van der Waals surface area contributed by atoms with Gasteiger partial charge in [-0.3, -0.25) is 9.69 Å². The van der Waals surface area contributed by atoms with E-state index in [2.05, 4.69) is 0 Å². The molecule has 6 nitrogen and oxygen atoms in total. The van der Waals surface area contributed by atoms with Gasteiger partial charge >= 0.3 is 6.03 Å². The van der Waals surface area contributed by atoms with Crippen molar-refractivity contribution in [1.82, 2.24) is 9.80 Å². The normalized spacial score (nSPS) is 39.7. The molecule has 1 spiro atoms. The van der Waals surface area contributed by atoms with Crippen molar-refractivity contribution >= 4 is 11.9 Å². The number of hydrogen-bond donors (Lipinski definition) is 2. The van der Waals surface area contributed by atoms with Gasteiger partial charge in [0.15, 0.2) is 0 Å². The van der Waals surface area contributed by atoms with E-state index in [9.17, 15) is 19.8 Å². The largest absolute Gasteiger partial charge is 0.508 e. The Hall–Kier alpha value is -2.08. The highest BCUT2D eigenvalue weighted by molar-refractivity contribution is 6.07. The molecule has 2 bridgehead atoms. The molecule has 6 heteroatoms. The number of hydrogen-bond acceptors (Lipinski definition) is 4. The van der Waals surface area contributed by atoms with Crippen molar-refractivity contribution in [2.75, 3.05) is 13.1 Å². The van der Waals surface area contributed by atoms with Crippen molar-refractivity contribution in [3.8, 4) is 5.75 Å². The van der Waals surface area contributed by atoms with Gasteiger partial charge in [0.2, 0.25) is 0 Å². The molecule has 0 radical (unpaired) electrons. The molecule has 1 aromatic carbocycles. The Bertz CT molecular complexity index is 1050. The van der Waals surface area contributed by atoms with Gasteiger partial charge in [-0.05, 0) is 105 Å². The smallest absolute Gasteiger partial charge is 0.327 e. The summed E-state index contributed by atoms with van der Waals surface area (Å²) in [5.74, 6) is 1.33. The predicted octanol–water partition coefficient (Wildman–Crippen LogP) is 3.72. The number of carbonyl (C=O) groups excluding carboxylic acids is 2. The third kappa shape index (κ3) is 2.64. The first-order valence-electron chi connectivity index (χ1n) is 13.0. The van der Waals surface area contributed by atoms with E-state index in [1.54, 1.807) is 11.0 Å². The molecule has 6 aliphatic rings. The van der Waals surface area contributed by atoms with Crippen LogP contribution in [0.2, 0.25) is 0 Å². The minimum Gasteiger partial charge on any atom is -0.508 e. The number of nitrogens with zero attached hydrogens (tertiary/aromatic N) is 2. The minimum atomic E-state index is -0.879. The Labute approximate surface area is 194 Å². The van der Waals surface area contributed by atoms with E-state index < -0.39 is 16.6 Å². The van der Waals surface area contributed by atoms with Crippen LogP contribution in [0.4, 0.5) is 4.79 Å². The van der Waals surface area contributed by atoms with E-state index in [4.69, 9.17) is 0 Å². The number of aromatic hydroxyl groups is 1.